The first-order valence-corrected chi connectivity index (χ1v) is 5.90. The number of hydrogen-bond donors (Lipinski definition) is 1. The van der Waals surface area contributed by atoms with Gasteiger partial charge < -0.3 is 10.1 Å². The van der Waals surface area contributed by atoms with Crippen molar-refractivity contribution in [2.45, 2.75) is 47.1 Å². The highest BCUT2D eigenvalue weighted by molar-refractivity contribution is 4.65. The van der Waals surface area contributed by atoms with Gasteiger partial charge >= 0.3 is 0 Å². The molecule has 0 fully saturated rings. The lowest BCUT2D eigenvalue weighted by Crippen LogP contribution is -2.27. The monoisotopic (exact) mass is 201 g/mol. The molecule has 2 heteroatoms. The molecule has 0 heterocycles. The second-order valence-electron chi connectivity index (χ2n) is 4.52. The number of ether oxygens (including phenoxy) is 1. The van der Waals surface area contributed by atoms with Crippen molar-refractivity contribution in [1.82, 2.24) is 5.32 Å². The van der Waals surface area contributed by atoms with E-state index in [1.807, 2.05) is 0 Å². The Bertz CT molecular complexity index is 123. The minimum atomic E-state index is 0.363. The van der Waals surface area contributed by atoms with Gasteiger partial charge in [-0.3, -0.25) is 0 Å². The Balaban J connectivity index is 3.62. The normalized spacial score (nSPS) is 13.9. The maximum Gasteiger partial charge on any atom is 0.0518 e. The average molecular weight is 201 g/mol. The van der Waals surface area contributed by atoms with E-state index < -0.39 is 0 Å². The van der Waals surface area contributed by atoms with E-state index in [0.717, 1.165) is 31.5 Å². The second kappa shape index (κ2) is 8.25. The summed E-state index contributed by atoms with van der Waals surface area (Å²) in [5.74, 6) is 1.48. The summed E-state index contributed by atoms with van der Waals surface area (Å²) >= 11 is 0. The van der Waals surface area contributed by atoms with Crippen LogP contribution < -0.4 is 5.32 Å². The minimum absolute atomic E-state index is 0.363. The number of hydrogen-bond acceptors (Lipinski definition) is 2. The van der Waals surface area contributed by atoms with Crippen LogP contribution in [0.25, 0.3) is 0 Å². The fourth-order valence-electron chi connectivity index (χ4n) is 1.46. The predicted octanol–water partition coefficient (Wildman–Crippen LogP) is 2.68. The Kier molecular flexibility index (Phi) is 8.20. The maximum atomic E-state index is 5.57. The summed E-state index contributed by atoms with van der Waals surface area (Å²) in [6.07, 6.45) is 1.53. The Morgan fingerprint density at radius 3 is 2.21 bits per heavy atom. The summed E-state index contributed by atoms with van der Waals surface area (Å²) in [5.41, 5.74) is 0. The first-order valence-electron chi connectivity index (χ1n) is 5.90. The minimum Gasteiger partial charge on any atom is -0.379 e. The van der Waals surface area contributed by atoms with Crippen LogP contribution in [-0.2, 0) is 4.74 Å². The molecule has 0 aliphatic rings. The average Bonchev–Trinajstić information content (AvgIpc) is 2.09. The Hall–Kier alpha value is -0.0800. The van der Waals surface area contributed by atoms with E-state index in [1.165, 1.54) is 6.42 Å². The van der Waals surface area contributed by atoms with Crippen LogP contribution in [0.4, 0.5) is 0 Å². The summed E-state index contributed by atoms with van der Waals surface area (Å²) in [5, 5.41) is 3.41. The van der Waals surface area contributed by atoms with Gasteiger partial charge in [-0.2, -0.15) is 0 Å². The van der Waals surface area contributed by atoms with Gasteiger partial charge in [0.2, 0.25) is 0 Å². The summed E-state index contributed by atoms with van der Waals surface area (Å²) in [4.78, 5) is 0. The van der Waals surface area contributed by atoms with Crippen LogP contribution in [-0.4, -0.2) is 25.8 Å². The van der Waals surface area contributed by atoms with Crippen LogP contribution >= 0.6 is 0 Å². The van der Waals surface area contributed by atoms with Gasteiger partial charge in [0, 0.05) is 6.61 Å². The lowest BCUT2D eigenvalue weighted by Gasteiger charge is -2.21. The highest BCUT2D eigenvalue weighted by atomic mass is 16.5. The van der Waals surface area contributed by atoms with E-state index in [-0.39, 0.29) is 0 Å². The lowest BCUT2D eigenvalue weighted by molar-refractivity contribution is 0.0640. The van der Waals surface area contributed by atoms with Crippen LogP contribution in [0.3, 0.4) is 0 Å². The van der Waals surface area contributed by atoms with Crippen LogP contribution in [0.2, 0.25) is 0 Å². The van der Waals surface area contributed by atoms with Crippen molar-refractivity contribution >= 4 is 0 Å². The molecule has 1 atom stereocenters. The maximum absolute atomic E-state index is 5.57. The molecule has 14 heavy (non-hydrogen) atoms. The molecule has 2 nitrogen and oxygen atoms in total. The summed E-state index contributed by atoms with van der Waals surface area (Å²) in [6.45, 7) is 14.0. The van der Waals surface area contributed by atoms with Crippen molar-refractivity contribution < 1.29 is 4.74 Å². The zero-order valence-electron chi connectivity index (χ0n) is 10.5. The zero-order valence-corrected chi connectivity index (χ0v) is 10.5. The molecule has 86 valence electrons. The number of rotatable bonds is 8. The summed E-state index contributed by atoms with van der Waals surface area (Å²) in [7, 11) is 0. The van der Waals surface area contributed by atoms with Crippen molar-refractivity contribution in [3.8, 4) is 0 Å². The molecule has 0 aromatic rings. The van der Waals surface area contributed by atoms with Crippen LogP contribution in [0.15, 0.2) is 0 Å². The summed E-state index contributed by atoms with van der Waals surface area (Å²) in [6, 6.07) is 0. The molecule has 1 unspecified atom stereocenters. The zero-order chi connectivity index (χ0) is 11.0. The van der Waals surface area contributed by atoms with Gasteiger partial charge in [0.25, 0.3) is 0 Å². The molecule has 0 rings (SSSR count). The van der Waals surface area contributed by atoms with Gasteiger partial charge in [-0.25, -0.2) is 0 Å². The van der Waals surface area contributed by atoms with Gasteiger partial charge in [0.1, 0.15) is 0 Å². The molecule has 0 radical (unpaired) electrons. The molecule has 1 N–H and O–H groups in total. The second-order valence-corrected chi connectivity index (χ2v) is 4.52. The van der Waals surface area contributed by atoms with E-state index in [0.29, 0.717) is 6.10 Å². The largest absolute Gasteiger partial charge is 0.379 e. The topological polar surface area (TPSA) is 21.3 Å². The Labute approximate surface area is 89.4 Å². The van der Waals surface area contributed by atoms with E-state index >= 15 is 0 Å². The van der Waals surface area contributed by atoms with E-state index in [4.69, 9.17) is 4.74 Å². The third-order valence-corrected chi connectivity index (χ3v) is 2.54. The summed E-state index contributed by atoms with van der Waals surface area (Å²) < 4.78 is 5.57. The van der Waals surface area contributed by atoms with Crippen molar-refractivity contribution in [3.05, 3.63) is 0 Å². The molecule has 0 aliphatic carbocycles. The van der Waals surface area contributed by atoms with Crippen molar-refractivity contribution in [3.63, 3.8) is 0 Å². The predicted molar refractivity (Wildman–Crippen MR) is 62.6 cm³/mol. The lowest BCUT2D eigenvalue weighted by atomic mass is 9.93. The van der Waals surface area contributed by atoms with Crippen molar-refractivity contribution in [2.75, 3.05) is 19.7 Å². The van der Waals surface area contributed by atoms with Crippen LogP contribution in [0.5, 0.6) is 0 Å². The van der Waals surface area contributed by atoms with Gasteiger partial charge in [-0.15, -0.1) is 0 Å². The van der Waals surface area contributed by atoms with Gasteiger partial charge in [-0.1, -0.05) is 20.8 Å². The number of nitrogens with one attached hydrogen (secondary N) is 1. The molecule has 0 saturated carbocycles. The third-order valence-electron chi connectivity index (χ3n) is 2.54. The van der Waals surface area contributed by atoms with Crippen LogP contribution in [0, 0.1) is 11.8 Å². The highest BCUT2D eigenvalue weighted by Crippen LogP contribution is 2.14. The van der Waals surface area contributed by atoms with Crippen LogP contribution in [0.1, 0.15) is 41.0 Å². The van der Waals surface area contributed by atoms with E-state index in [9.17, 15) is 0 Å². The van der Waals surface area contributed by atoms with Crippen molar-refractivity contribution in [2.24, 2.45) is 11.8 Å². The standard InChI is InChI=1S/C12H27NO/c1-6-13-9-12(10(2)3)7-8-14-11(4)5/h10-13H,6-9H2,1-5H3. The van der Waals surface area contributed by atoms with Gasteiger partial charge in [-0.05, 0) is 45.2 Å². The quantitative estimate of drug-likeness (QED) is 0.652. The van der Waals surface area contributed by atoms with Gasteiger partial charge in [0.05, 0.1) is 6.10 Å². The van der Waals surface area contributed by atoms with Gasteiger partial charge in [0.15, 0.2) is 0 Å². The molecule has 0 saturated heterocycles. The van der Waals surface area contributed by atoms with Crippen molar-refractivity contribution in [1.29, 1.82) is 0 Å². The SMILES string of the molecule is CCNCC(CCOC(C)C)C(C)C. The van der Waals surface area contributed by atoms with E-state index in [2.05, 4.69) is 39.9 Å². The molecule has 0 bridgehead atoms. The molecular weight excluding hydrogens is 174 g/mol. The Morgan fingerprint density at radius 1 is 1.14 bits per heavy atom. The fourth-order valence-corrected chi connectivity index (χ4v) is 1.46. The molecule has 0 spiro atoms. The molecule has 0 aliphatic heterocycles. The Morgan fingerprint density at radius 2 is 1.79 bits per heavy atom. The first kappa shape index (κ1) is 13.9. The fraction of sp³-hybridized carbons (Fsp3) is 1.00. The third kappa shape index (κ3) is 7.34. The highest BCUT2D eigenvalue weighted by Gasteiger charge is 2.12. The molecule has 0 aromatic heterocycles. The molecule has 0 amide bonds. The first-order chi connectivity index (χ1) is 6.57. The molecule has 0 aromatic carbocycles. The molecular formula is C12H27NO. The van der Waals surface area contributed by atoms with E-state index in [1.54, 1.807) is 0 Å². The smallest absolute Gasteiger partial charge is 0.0518 e.